The Balaban J connectivity index is 1.90. The SMILES string of the molecule is CNC(=O)/C(C#N)=C/c1cn(-c2ccccc2)nc1-c1cc2ccccc2o1. The van der Waals surface area contributed by atoms with Gasteiger partial charge in [0, 0.05) is 24.2 Å². The van der Waals surface area contributed by atoms with E-state index in [1.165, 1.54) is 13.1 Å². The van der Waals surface area contributed by atoms with Crippen LogP contribution >= 0.6 is 0 Å². The van der Waals surface area contributed by atoms with E-state index in [1.807, 2.05) is 66.7 Å². The number of likely N-dealkylation sites (N-methyl/N-ethyl adjacent to an activating group) is 1. The van der Waals surface area contributed by atoms with Crippen molar-refractivity contribution in [2.75, 3.05) is 7.05 Å². The molecule has 4 rings (SSSR count). The van der Waals surface area contributed by atoms with Gasteiger partial charge < -0.3 is 9.73 Å². The van der Waals surface area contributed by atoms with Crippen LogP contribution in [0, 0.1) is 11.3 Å². The lowest BCUT2D eigenvalue weighted by molar-refractivity contribution is -0.116. The second kappa shape index (κ2) is 7.25. The lowest BCUT2D eigenvalue weighted by atomic mass is 10.1. The Hall–Kier alpha value is -4.11. The normalized spacial score (nSPS) is 11.4. The first-order valence-corrected chi connectivity index (χ1v) is 8.67. The highest BCUT2D eigenvalue weighted by Gasteiger charge is 2.17. The van der Waals surface area contributed by atoms with E-state index in [4.69, 9.17) is 4.42 Å². The number of benzene rings is 2. The van der Waals surface area contributed by atoms with Crippen LogP contribution in [0.15, 0.2) is 76.9 Å². The van der Waals surface area contributed by atoms with E-state index in [-0.39, 0.29) is 5.57 Å². The van der Waals surface area contributed by atoms with Crippen LogP contribution in [0.2, 0.25) is 0 Å². The first kappa shape index (κ1) is 17.3. The molecular weight excluding hydrogens is 352 g/mol. The van der Waals surface area contributed by atoms with Gasteiger partial charge in [-0.2, -0.15) is 10.4 Å². The van der Waals surface area contributed by atoms with Gasteiger partial charge in [-0.15, -0.1) is 0 Å². The minimum atomic E-state index is -0.453. The number of rotatable bonds is 4. The maximum absolute atomic E-state index is 12.0. The number of furan rings is 1. The van der Waals surface area contributed by atoms with Crippen LogP contribution in [0.1, 0.15) is 5.56 Å². The molecule has 2 aromatic carbocycles. The second-order valence-corrected chi connectivity index (χ2v) is 6.11. The summed E-state index contributed by atoms with van der Waals surface area (Å²) in [7, 11) is 1.49. The van der Waals surface area contributed by atoms with Crippen LogP contribution in [0.25, 0.3) is 34.2 Å². The van der Waals surface area contributed by atoms with Crippen LogP contribution in [-0.4, -0.2) is 22.7 Å². The van der Waals surface area contributed by atoms with Gasteiger partial charge in [-0.1, -0.05) is 36.4 Å². The smallest absolute Gasteiger partial charge is 0.261 e. The molecule has 0 fully saturated rings. The predicted molar refractivity (Wildman–Crippen MR) is 106 cm³/mol. The molecule has 0 saturated heterocycles. The van der Waals surface area contributed by atoms with Gasteiger partial charge in [0.15, 0.2) is 5.76 Å². The molecule has 28 heavy (non-hydrogen) atoms. The van der Waals surface area contributed by atoms with Crippen molar-refractivity contribution in [2.24, 2.45) is 0 Å². The number of nitrogens with one attached hydrogen (secondary N) is 1. The molecule has 1 N–H and O–H groups in total. The molecule has 0 radical (unpaired) electrons. The van der Waals surface area contributed by atoms with Gasteiger partial charge in [0.05, 0.1) is 5.69 Å². The Bertz CT molecular complexity index is 1190. The van der Waals surface area contributed by atoms with E-state index in [9.17, 15) is 10.1 Å². The second-order valence-electron chi connectivity index (χ2n) is 6.11. The topological polar surface area (TPSA) is 83.9 Å². The average Bonchev–Trinajstić information content (AvgIpc) is 3.36. The van der Waals surface area contributed by atoms with E-state index >= 15 is 0 Å². The molecular formula is C22H16N4O2. The molecule has 136 valence electrons. The number of nitriles is 1. The Labute approximate surface area is 161 Å². The van der Waals surface area contributed by atoms with Crippen molar-refractivity contribution in [3.05, 3.63) is 78.0 Å². The van der Waals surface area contributed by atoms with Crippen molar-refractivity contribution in [2.45, 2.75) is 0 Å². The highest BCUT2D eigenvalue weighted by Crippen LogP contribution is 2.31. The molecule has 2 aromatic heterocycles. The fourth-order valence-corrected chi connectivity index (χ4v) is 2.93. The maximum Gasteiger partial charge on any atom is 0.261 e. The number of fused-ring (bicyclic) bond motifs is 1. The molecule has 0 spiro atoms. The van der Waals surface area contributed by atoms with Crippen molar-refractivity contribution in [3.8, 4) is 23.2 Å². The zero-order valence-electron chi connectivity index (χ0n) is 15.1. The standard InChI is InChI=1S/C22H16N4O2/c1-24-22(27)16(13-23)11-17-14-26(18-8-3-2-4-9-18)25-21(17)20-12-15-7-5-6-10-19(15)28-20/h2-12,14H,1H3,(H,24,27)/b16-11+. The number of hydrogen-bond donors (Lipinski definition) is 1. The quantitative estimate of drug-likeness (QED) is 0.437. The van der Waals surface area contributed by atoms with E-state index in [0.29, 0.717) is 17.0 Å². The minimum absolute atomic E-state index is 0.00697. The molecule has 6 heteroatoms. The number of nitrogens with zero attached hydrogens (tertiary/aromatic N) is 3. The predicted octanol–water partition coefficient (Wildman–Crippen LogP) is 3.94. The Morgan fingerprint density at radius 1 is 1.18 bits per heavy atom. The van der Waals surface area contributed by atoms with Crippen molar-refractivity contribution in [1.82, 2.24) is 15.1 Å². The van der Waals surface area contributed by atoms with Gasteiger partial charge in [0.2, 0.25) is 0 Å². The number of hydrogen-bond acceptors (Lipinski definition) is 4. The van der Waals surface area contributed by atoms with Crippen LogP contribution in [0.3, 0.4) is 0 Å². The molecule has 0 saturated carbocycles. The van der Waals surface area contributed by atoms with Gasteiger partial charge in [0.25, 0.3) is 5.91 Å². The van der Waals surface area contributed by atoms with Gasteiger partial charge in [-0.05, 0) is 30.3 Å². The van der Waals surface area contributed by atoms with E-state index in [1.54, 1.807) is 10.9 Å². The Morgan fingerprint density at radius 3 is 2.64 bits per heavy atom. The number of aromatic nitrogens is 2. The first-order valence-electron chi connectivity index (χ1n) is 8.67. The van der Waals surface area contributed by atoms with Crippen LogP contribution in [-0.2, 0) is 4.79 Å². The van der Waals surface area contributed by atoms with Crippen molar-refractivity contribution < 1.29 is 9.21 Å². The zero-order valence-corrected chi connectivity index (χ0v) is 15.1. The fraction of sp³-hybridized carbons (Fsp3) is 0.0455. The van der Waals surface area contributed by atoms with Crippen LogP contribution in [0.5, 0.6) is 0 Å². The number of carbonyl (C=O) groups excluding carboxylic acids is 1. The highest BCUT2D eigenvalue weighted by atomic mass is 16.3. The summed E-state index contributed by atoms with van der Waals surface area (Å²) in [5.74, 6) is 0.113. The largest absolute Gasteiger partial charge is 0.454 e. The summed E-state index contributed by atoms with van der Waals surface area (Å²) in [5, 5.41) is 17.4. The molecule has 1 amide bonds. The van der Waals surface area contributed by atoms with Gasteiger partial charge in [-0.25, -0.2) is 4.68 Å². The molecule has 0 unspecified atom stereocenters. The maximum atomic E-state index is 12.0. The Kier molecular flexibility index (Phi) is 4.48. The summed E-state index contributed by atoms with van der Waals surface area (Å²) in [6, 6.07) is 21.1. The summed E-state index contributed by atoms with van der Waals surface area (Å²) in [6.45, 7) is 0. The molecule has 0 aliphatic carbocycles. The number of amides is 1. The molecule has 0 atom stereocenters. The lowest BCUT2D eigenvalue weighted by Gasteiger charge is -1.98. The third kappa shape index (κ3) is 3.17. The third-order valence-electron chi connectivity index (χ3n) is 4.31. The van der Waals surface area contributed by atoms with Crippen molar-refractivity contribution >= 4 is 23.0 Å². The van der Waals surface area contributed by atoms with E-state index < -0.39 is 5.91 Å². The summed E-state index contributed by atoms with van der Waals surface area (Å²) in [5.41, 5.74) is 2.76. The van der Waals surface area contributed by atoms with Crippen molar-refractivity contribution in [1.29, 1.82) is 5.26 Å². The number of para-hydroxylation sites is 2. The van der Waals surface area contributed by atoms with E-state index in [2.05, 4.69) is 10.4 Å². The molecule has 4 aromatic rings. The zero-order chi connectivity index (χ0) is 19.5. The molecule has 0 aliphatic rings. The van der Waals surface area contributed by atoms with Crippen LogP contribution in [0.4, 0.5) is 0 Å². The highest BCUT2D eigenvalue weighted by molar-refractivity contribution is 6.02. The van der Waals surface area contributed by atoms with Gasteiger partial charge in [0.1, 0.15) is 22.9 Å². The number of carbonyl (C=O) groups is 1. The minimum Gasteiger partial charge on any atom is -0.454 e. The van der Waals surface area contributed by atoms with Gasteiger partial charge in [-0.3, -0.25) is 4.79 Å². The lowest BCUT2D eigenvalue weighted by Crippen LogP contribution is -2.19. The van der Waals surface area contributed by atoms with Crippen molar-refractivity contribution in [3.63, 3.8) is 0 Å². The molecule has 6 nitrogen and oxygen atoms in total. The summed E-state index contributed by atoms with van der Waals surface area (Å²) < 4.78 is 7.66. The average molecular weight is 368 g/mol. The first-order chi connectivity index (χ1) is 13.7. The molecule has 0 bridgehead atoms. The van der Waals surface area contributed by atoms with E-state index in [0.717, 1.165) is 16.7 Å². The Morgan fingerprint density at radius 2 is 1.93 bits per heavy atom. The molecule has 0 aliphatic heterocycles. The monoisotopic (exact) mass is 368 g/mol. The summed E-state index contributed by atoms with van der Waals surface area (Å²) >= 11 is 0. The third-order valence-corrected chi connectivity index (χ3v) is 4.31. The fourth-order valence-electron chi connectivity index (χ4n) is 2.93. The summed E-state index contributed by atoms with van der Waals surface area (Å²) in [6.07, 6.45) is 3.30. The molecule has 2 heterocycles. The summed E-state index contributed by atoms with van der Waals surface area (Å²) in [4.78, 5) is 12.0. The van der Waals surface area contributed by atoms with Gasteiger partial charge >= 0.3 is 0 Å². The van der Waals surface area contributed by atoms with Crippen LogP contribution < -0.4 is 5.32 Å².